The van der Waals surface area contributed by atoms with Crippen molar-refractivity contribution in [2.45, 2.75) is 25.3 Å². The molecule has 1 atom stereocenters. The van der Waals surface area contributed by atoms with Gasteiger partial charge in [0.2, 0.25) is 0 Å². The lowest BCUT2D eigenvalue weighted by Gasteiger charge is -2.18. The van der Waals surface area contributed by atoms with E-state index in [2.05, 4.69) is 27.4 Å². The number of carbonyl (C=O) groups excluding carboxylic acids is 2. The number of benzene rings is 3. The first-order valence-corrected chi connectivity index (χ1v) is 13.2. The summed E-state index contributed by atoms with van der Waals surface area (Å²) >= 11 is 0. The maximum Gasteiger partial charge on any atom is 0.254 e. The van der Waals surface area contributed by atoms with Gasteiger partial charge >= 0.3 is 0 Å². The van der Waals surface area contributed by atoms with Gasteiger partial charge in [-0.1, -0.05) is 42.5 Å². The summed E-state index contributed by atoms with van der Waals surface area (Å²) in [6, 6.07) is 21.2. The van der Waals surface area contributed by atoms with Crippen LogP contribution in [0, 0.1) is 0 Å². The van der Waals surface area contributed by atoms with E-state index in [4.69, 9.17) is 9.47 Å². The number of rotatable bonds is 9. The second kappa shape index (κ2) is 12.0. The van der Waals surface area contributed by atoms with Gasteiger partial charge in [0.15, 0.2) is 17.3 Å². The molecule has 1 heterocycles. The lowest BCUT2D eigenvalue weighted by molar-refractivity contribution is 0.0796. The summed E-state index contributed by atoms with van der Waals surface area (Å²) < 4.78 is 10.7. The van der Waals surface area contributed by atoms with E-state index in [0.29, 0.717) is 47.0 Å². The van der Waals surface area contributed by atoms with E-state index in [9.17, 15) is 9.59 Å². The van der Waals surface area contributed by atoms with E-state index in [0.717, 1.165) is 18.4 Å². The minimum atomic E-state index is -0.201. The van der Waals surface area contributed by atoms with Crippen LogP contribution in [0.1, 0.15) is 49.9 Å². The number of carbonyl (C=O) groups is 2. The Bertz CT molecular complexity index is 1520. The summed E-state index contributed by atoms with van der Waals surface area (Å²) in [4.78, 5) is 36.5. The molecule has 5 rings (SSSR count). The van der Waals surface area contributed by atoms with Crippen molar-refractivity contribution in [2.24, 2.45) is 0 Å². The summed E-state index contributed by atoms with van der Waals surface area (Å²) in [5, 5.41) is 3.10. The highest BCUT2D eigenvalue weighted by Gasteiger charge is 2.24. The fraction of sp³-hybridized carbons (Fsp3) is 0.250. The number of fused-ring (bicyclic) bond motifs is 1. The molecule has 1 N–H and O–H groups in total. The van der Waals surface area contributed by atoms with Crippen LogP contribution in [0.4, 0.5) is 0 Å². The van der Waals surface area contributed by atoms with E-state index in [1.807, 2.05) is 42.5 Å². The van der Waals surface area contributed by atoms with Crippen LogP contribution in [-0.2, 0) is 12.8 Å². The number of likely N-dealkylation sites (N-methyl/N-ethyl adjacent to an activating group) is 1. The highest BCUT2D eigenvalue weighted by Crippen LogP contribution is 2.31. The van der Waals surface area contributed by atoms with Crippen LogP contribution in [0.15, 0.2) is 79.1 Å². The summed E-state index contributed by atoms with van der Waals surface area (Å²) in [5.41, 5.74) is 5.13. The van der Waals surface area contributed by atoms with Crippen molar-refractivity contribution in [1.29, 1.82) is 0 Å². The molecule has 0 radical (unpaired) electrons. The molecule has 1 aliphatic carbocycles. The normalized spacial score (nSPS) is 13.8. The van der Waals surface area contributed by atoms with Crippen LogP contribution < -0.4 is 14.8 Å². The lowest BCUT2D eigenvalue weighted by atomic mass is 10.1. The second-order valence-electron chi connectivity index (χ2n) is 9.81. The predicted molar refractivity (Wildman–Crippen MR) is 153 cm³/mol. The topological polar surface area (TPSA) is 93.7 Å². The summed E-state index contributed by atoms with van der Waals surface area (Å²) in [6.07, 6.45) is 5.57. The van der Waals surface area contributed by atoms with Crippen LogP contribution in [0.2, 0.25) is 0 Å². The number of hydrogen-bond acceptors (Lipinski definition) is 6. The Labute approximate surface area is 234 Å². The molecule has 1 aromatic heterocycles. The molecule has 0 spiro atoms. The zero-order valence-electron chi connectivity index (χ0n) is 22.9. The van der Waals surface area contributed by atoms with Crippen molar-refractivity contribution in [1.82, 2.24) is 20.2 Å². The third kappa shape index (κ3) is 5.81. The summed E-state index contributed by atoms with van der Waals surface area (Å²) in [7, 11) is 4.99. The zero-order chi connectivity index (χ0) is 28.1. The predicted octanol–water partition coefficient (Wildman–Crippen LogP) is 4.89. The molecule has 204 valence electrons. The van der Waals surface area contributed by atoms with E-state index in [-0.39, 0.29) is 17.9 Å². The van der Waals surface area contributed by atoms with Crippen molar-refractivity contribution in [3.63, 3.8) is 0 Å². The third-order valence-corrected chi connectivity index (χ3v) is 7.25. The molecule has 2 amide bonds. The number of nitrogens with one attached hydrogen (secondary N) is 1. The molecule has 0 unspecified atom stereocenters. The van der Waals surface area contributed by atoms with Gasteiger partial charge in [0.05, 0.1) is 25.8 Å². The molecule has 0 aliphatic heterocycles. The maximum absolute atomic E-state index is 13.2. The SMILES string of the molecule is COc1ccc(CCN(C)C(=O)c2cccc(-c3ncc(C(=O)N[C@H]4CCc5ccccc54)cn3)c2)cc1OC. The Morgan fingerprint density at radius 2 is 1.70 bits per heavy atom. The molecule has 4 aromatic rings. The van der Waals surface area contributed by atoms with Gasteiger partial charge in [-0.15, -0.1) is 0 Å². The minimum absolute atomic E-state index is 0.00481. The number of amides is 2. The Balaban J connectivity index is 1.21. The van der Waals surface area contributed by atoms with Gasteiger partial charge in [-0.3, -0.25) is 9.59 Å². The van der Waals surface area contributed by atoms with E-state index < -0.39 is 0 Å². The van der Waals surface area contributed by atoms with Crippen LogP contribution in [0.25, 0.3) is 11.4 Å². The molecular formula is C32H32N4O4. The molecule has 40 heavy (non-hydrogen) atoms. The first kappa shape index (κ1) is 26.9. The molecule has 8 heteroatoms. The van der Waals surface area contributed by atoms with Crippen LogP contribution in [-0.4, -0.2) is 54.5 Å². The summed E-state index contributed by atoms with van der Waals surface area (Å²) in [6.45, 7) is 0.532. The maximum atomic E-state index is 13.2. The van der Waals surface area contributed by atoms with Crippen molar-refractivity contribution >= 4 is 11.8 Å². The van der Waals surface area contributed by atoms with Gasteiger partial charge in [0.25, 0.3) is 11.8 Å². The number of hydrogen-bond donors (Lipinski definition) is 1. The first-order chi connectivity index (χ1) is 19.5. The third-order valence-electron chi connectivity index (χ3n) is 7.25. The Kier molecular flexibility index (Phi) is 8.05. The van der Waals surface area contributed by atoms with Gasteiger partial charge in [0, 0.05) is 37.1 Å². The highest BCUT2D eigenvalue weighted by atomic mass is 16.5. The quantitative estimate of drug-likeness (QED) is 0.327. The van der Waals surface area contributed by atoms with Crippen molar-refractivity contribution in [3.8, 4) is 22.9 Å². The fourth-order valence-electron chi connectivity index (χ4n) is 4.99. The van der Waals surface area contributed by atoms with Crippen molar-refractivity contribution in [3.05, 3.63) is 107 Å². The molecule has 3 aromatic carbocycles. The van der Waals surface area contributed by atoms with Gasteiger partial charge < -0.3 is 19.7 Å². The average molecular weight is 537 g/mol. The van der Waals surface area contributed by atoms with Gasteiger partial charge in [-0.05, 0) is 60.2 Å². The average Bonchev–Trinajstić information content (AvgIpc) is 3.41. The van der Waals surface area contributed by atoms with E-state index in [1.54, 1.807) is 38.3 Å². The zero-order valence-corrected chi connectivity index (χ0v) is 22.9. The summed E-state index contributed by atoms with van der Waals surface area (Å²) in [5.74, 6) is 1.48. The Morgan fingerprint density at radius 1 is 0.925 bits per heavy atom. The minimum Gasteiger partial charge on any atom is -0.493 e. The lowest BCUT2D eigenvalue weighted by Crippen LogP contribution is -2.28. The molecule has 0 saturated heterocycles. The molecule has 0 bridgehead atoms. The van der Waals surface area contributed by atoms with Gasteiger partial charge in [-0.25, -0.2) is 9.97 Å². The Morgan fingerprint density at radius 3 is 2.48 bits per heavy atom. The molecule has 8 nitrogen and oxygen atoms in total. The molecule has 0 fully saturated rings. The number of aryl methyl sites for hydroxylation is 1. The number of methoxy groups -OCH3 is 2. The second-order valence-corrected chi connectivity index (χ2v) is 9.81. The molecule has 0 saturated carbocycles. The largest absolute Gasteiger partial charge is 0.493 e. The Hall–Kier alpha value is -4.72. The van der Waals surface area contributed by atoms with E-state index in [1.165, 1.54) is 23.5 Å². The van der Waals surface area contributed by atoms with Gasteiger partial charge in [0.1, 0.15) is 0 Å². The standard InChI is InChI=1S/C32H32N4O4/c1-36(16-15-21-11-14-28(39-2)29(17-21)40-3)32(38)24-9-6-8-23(18-24)30-33-19-25(20-34-30)31(37)35-27-13-12-22-7-4-5-10-26(22)27/h4-11,14,17-20,27H,12-13,15-16H2,1-3H3,(H,35,37)/t27-/m0/s1. The highest BCUT2D eigenvalue weighted by molar-refractivity contribution is 5.95. The number of aromatic nitrogens is 2. The van der Waals surface area contributed by atoms with Crippen LogP contribution in [0.3, 0.4) is 0 Å². The monoisotopic (exact) mass is 536 g/mol. The van der Waals surface area contributed by atoms with Gasteiger partial charge in [-0.2, -0.15) is 0 Å². The van der Waals surface area contributed by atoms with Crippen molar-refractivity contribution in [2.75, 3.05) is 27.8 Å². The van der Waals surface area contributed by atoms with Crippen LogP contribution in [0.5, 0.6) is 11.5 Å². The van der Waals surface area contributed by atoms with Crippen molar-refractivity contribution < 1.29 is 19.1 Å². The number of nitrogens with zero attached hydrogens (tertiary/aromatic N) is 3. The van der Waals surface area contributed by atoms with Crippen LogP contribution >= 0.6 is 0 Å². The first-order valence-electron chi connectivity index (χ1n) is 13.2. The fourth-order valence-corrected chi connectivity index (χ4v) is 4.99. The van der Waals surface area contributed by atoms with E-state index >= 15 is 0 Å². The smallest absolute Gasteiger partial charge is 0.254 e. The molecular weight excluding hydrogens is 504 g/mol. The molecule has 1 aliphatic rings. The number of ether oxygens (including phenoxy) is 2.